The molecule has 28 heavy (non-hydrogen) atoms. The zero-order chi connectivity index (χ0) is 19.5. The summed E-state index contributed by atoms with van der Waals surface area (Å²) in [6, 6.07) is 22.5. The van der Waals surface area contributed by atoms with Crippen molar-refractivity contribution >= 4 is 28.2 Å². The molecule has 0 radical (unpaired) electrons. The Kier molecular flexibility index (Phi) is 4.64. The van der Waals surface area contributed by atoms with Crippen molar-refractivity contribution in [1.29, 1.82) is 0 Å². The summed E-state index contributed by atoms with van der Waals surface area (Å²) in [4.78, 5) is 16.0. The van der Waals surface area contributed by atoms with Crippen LogP contribution < -0.4 is 10.1 Å². The maximum Gasteiger partial charge on any atom is 0.335 e. The molecule has 1 aromatic heterocycles. The third-order valence-corrected chi connectivity index (χ3v) is 4.55. The number of carbonyl (C=O) groups is 1. The average Bonchev–Trinajstić information content (AvgIpc) is 2.74. The minimum Gasteiger partial charge on any atom is -0.497 e. The summed E-state index contributed by atoms with van der Waals surface area (Å²) in [5, 5.41) is 14.5. The van der Waals surface area contributed by atoms with Gasteiger partial charge in [-0.1, -0.05) is 30.3 Å². The first-order chi connectivity index (χ1) is 13.7. The molecular weight excluding hydrogens is 352 g/mol. The zero-order valence-electron chi connectivity index (χ0n) is 15.2. The standard InChI is InChI=1S/C23H18N2O3/c1-28-18-10-11-19-20(13-18)21(15-6-5-7-16(12-15)23(26)27)14-24-22(19)25-17-8-3-2-4-9-17/h2-14H,1H3,(H,24,25)(H,26,27). The van der Waals surface area contributed by atoms with Gasteiger partial charge in [0.2, 0.25) is 0 Å². The first kappa shape index (κ1) is 17.5. The molecule has 0 aliphatic rings. The number of fused-ring (bicyclic) bond motifs is 1. The monoisotopic (exact) mass is 370 g/mol. The van der Waals surface area contributed by atoms with Crippen molar-refractivity contribution in [2.24, 2.45) is 0 Å². The summed E-state index contributed by atoms with van der Waals surface area (Å²) >= 11 is 0. The summed E-state index contributed by atoms with van der Waals surface area (Å²) < 4.78 is 5.40. The Morgan fingerprint density at radius 1 is 0.964 bits per heavy atom. The minimum atomic E-state index is -0.959. The van der Waals surface area contributed by atoms with Gasteiger partial charge in [-0.3, -0.25) is 0 Å². The van der Waals surface area contributed by atoms with Crippen LogP contribution >= 0.6 is 0 Å². The van der Waals surface area contributed by atoms with Gasteiger partial charge in [0.15, 0.2) is 0 Å². The molecule has 0 aliphatic carbocycles. The lowest BCUT2D eigenvalue weighted by atomic mass is 9.98. The van der Waals surface area contributed by atoms with Gasteiger partial charge < -0.3 is 15.2 Å². The van der Waals surface area contributed by atoms with Crippen LogP contribution in [0.1, 0.15) is 10.4 Å². The highest BCUT2D eigenvalue weighted by Crippen LogP contribution is 2.35. The minimum absolute atomic E-state index is 0.236. The zero-order valence-corrected chi connectivity index (χ0v) is 15.2. The fourth-order valence-electron chi connectivity index (χ4n) is 3.16. The van der Waals surface area contributed by atoms with Gasteiger partial charge in [0.1, 0.15) is 11.6 Å². The van der Waals surface area contributed by atoms with Crippen LogP contribution in [0.15, 0.2) is 79.0 Å². The first-order valence-corrected chi connectivity index (χ1v) is 8.78. The Labute approximate surface area is 162 Å². The molecule has 2 N–H and O–H groups in total. The maximum atomic E-state index is 11.4. The normalized spacial score (nSPS) is 10.6. The predicted molar refractivity (Wildman–Crippen MR) is 110 cm³/mol. The predicted octanol–water partition coefficient (Wildman–Crippen LogP) is 5.35. The van der Waals surface area contributed by atoms with E-state index in [0.29, 0.717) is 0 Å². The van der Waals surface area contributed by atoms with Crippen molar-refractivity contribution in [3.05, 3.63) is 84.6 Å². The molecule has 5 nitrogen and oxygen atoms in total. The van der Waals surface area contributed by atoms with Crippen LogP contribution in [0.25, 0.3) is 21.9 Å². The highest BCUT2D eigenvalue weighted by molar-refractivity contribution is 6.03. The fourth-order valence-corrected chi connectivity index (χ4v) is 3.16. The topological polar surface area (TPSA) is 71.5 Å². The number of methoxy groups -OCH3 is 1. The van der Waals surface area contributed by atoms with Gasteiger partial charge in [0.25, 0.3) is 0 Å². The van der Waals surface area contributed by atoms with Crippen molar-refractivity contribution < 1.29 is 14.6 Å². The number of anilines is 2. The molecule has 4 rings (SSSR count). The number of para-hydroxylation sites is 1. The van der Waals surface area contributed by atoms with Crippen molar-refractivity contribution in [1.82, 2.24) is 4.98 Å². The smallest absolute Gasteiger partial charge is 0.335 e. The lowest BCUT2D eigenvalue weighted by Gasteiger charge is -2.14. The Bertz CT molecular complexity index is 1160. The number of nitrogens with one attached hydrogen (secondary N) is 1. The molecule has 0 saturated carbocycles. The second-order valence-electron chi connectivity index (χ2n) is 6.31. The molecule has 0 fully saturated rings. The highest BCUT2D eigenvalue weighted by atomic mass is 16.5. The number of aromatic nitrogens is 1. The van der Waals surface area contributed by atoms with Crippen LogP contribution in [0.5, 0.6) is 5.75 Å². The first-order valence-electron chi connectivity index (χ1n) is 8.78. The van der Waals surface area contributed by atoms with E-state index >= 15 is 0 Å². The number of pyridine rings is 1. The molecule has 3 aromatic carbocycles. The van der Waals surface area contributed by atoms with E-state index in [-0.39, 0.29) is 5.56 Å². The van der Waals surface area contributed by atoms with Gasteiger partial charge in [-0.05, 0) is 53.4 Å². The molecule has 138 valence electrons. The van der Waals surface area contributed by atoms with Gasteiger partial charge in [0.05, 0.1) is 12.7 Å². The van der Waals surface area contributed by atoms with E-state index in [1.807, 2.05) is 54.6 Å². The van der Waals surface area contributed by atoms with Crippen LogP contribution in [0.3, 0.4) is 0 Å². The third kappa shape index (κ3) is 3.38. The number of aromatic carboxylic acids is 1. The molecule has 0 atom stereocenters. The lowest BCUT2D eigenvalue weighted by molar-refractivity contribution is 0.0697. The van der Waals surface area contributed by atoms with Crippen molar-refractivity contribution in [3.8, 4) is 16.9 Å². The number of benzene rings is 3. The lowest BCUT2D eigenvalue weighted by Crippen LogP contribution is -1.98. The second kappa shape index (κ2) is 7.40. The Balaban J connectivity index is 1.89. The van der Waals surface area contributed by atoms with E-state index in [9.17, 15) is 9.90 Å². The van der Waals surface area contributed by atoms with Crippen LogP contribution in [0, 0.1) is 0 Å². The van der Waals surface area contributed by atoms with Gasteiger partial charge >= 0.3 is 5.97 Å². The summed E-state index contributed by atoms with van der Waals surface area (Å²) in [6.07, 6.45) is 1.76. The number of hydrogen-bond acceptors (Lipinski definition) is 4. The van der Waals surface area contributed by atoms with Crippen LogP contribution in [-0.4, -0.2) is 23.2 Å². The van der Waals surface area contributed by atoms with Crippen molar-refractivity contribution in [3.63, 3.8) is 0 Å². The Morgan fingerprint density at radius 3 is 2.54 bits per heavy atom. The van der Waals surface area contributed by atoms with E-state index in [1.54, 1.807) is 31.5 Å². The molecule has 0 saturated heterocycles. The molecule has 1 heterocycles. The quantitative estimate of drug-likeness (QED) is 0.495. The second-order valence-corrected chi connectivity index (χ2v) is 6.31. The summed E-state index contributed by atoms with van der Waals surface area (Å²) in [7, 11) is 1.62. The number of carboxylic acids is 1. The van der Waals surface area contributed by atoms with E-state index < -0.39 is 5.97 Å². The van der Waals surface area contributed by atoms with Crippen molar-refractivity contribution in [2.75, 3.05) is 12.4 Å². The SMILES string of the molecule is COc1ccc2c(Nc3ccccc3)ncc(-c3cccc(C(=O)O)c3)c2c1. The van der Waals surface area contributed by atoms with Crippen LogP contribution in [0.2, 0.25) is 0 Å². The van der Waals surface area contributed by atoms with Crippen LogP contribution in [0.4, 0.5) is 11.5 Å². The number of hydrogen-bond donors (Lipinski definition) is 2. The van der Waals surface area contributed by atoms with E-state index in [0.717, 1.165) is 39.2 Å². The summed E-state index contributed by atoms with van der Waals surface area (Å²) in [6.45, 7) is 0. The molecule has 0 amide bonds. The fraction of sp³-hybridized carbons (Fsp3) is 0.0435. The van der Waals surface area contributed by atoms with E-state index in [1.165, 1.54) is 0 Å². The van der Waals surface area contributed by atoms with Crippen molar-refractivity contribution in [2.45, 2.75) is 0 Å². The maximum absolute atomic E-state index is 11.4. The third-order valence-electron chi connectivity index (χ3n) is 4.55. The molecule has 0 aliphatic heterocycles. The average molecular weight is 370 g/mol. The Hall–Kier alpha value is -3.86. The number of nitrogens with zero attached hydrogens (tertiary/aromatic N) is 1. The largest absolute Gasteiger partial charge is 0.497 e. The van der Waals surface area contributed by atoms with Gasteiger partial charge in [-0.25, -0.2) is 9.78 Å². The Morgan fingerprint density at radius 2 is 1.79 bits per heavy atom. The number of rotatable bonds is 5. The summed E-state index contributed by atoms with van der Waals surface area (Å²) in [5.41, 5.74) is 2.81. The number of carboxylic acid groups (broad SMARTS) is 1. The molecule has 0 spiro atoms. The van der Waals surface area contributed by atoms with E-state index in [4.69, 9.17) is 4.74 Å². The molecular formula is C23H18N2O3. The van der Waals surface area contributed by atoms with Gasteiger partial charge in [-0.2, -0.15) is 0 Å². The van der Waals surface area contributed by atoms with Gasteiger partial charge in [-0.15, -0.1) is 0 Å². The summed E-state index contributed by atoms with van der Waals surface area (Å²) in [5.74, 6) is 0.487. The molecule has 0 bridgehead atoms. The van der Waals surface area contributed by atoms with Gasteiger partial charge in [0, 0.05) is 22.8 Å². The molecule has 5 heteroatoms. The highest BCUT2D eigenvalue weighted by Gasteiger charge is 2.12. The van der Waals surface area contributed by atoms with Crippen LogP contribution in [-0.2, 0) is 0 Å². The van der Waals surface area contributed by atoms with E-state index in [2.05, 4.69) is 10.3 Å². The molecule has 0 unspecified atom stereocenters. The molecule has 4 aromatic rings. The number of ether oxygens (including phenoxy) is 1.